The zero-order chi connectivity index (χ0) is 14.2. The highest BCUT2D eigenvalue weighted by Gasteiger charge is 2.21. The molecule has 1 N–H and O–H groups in total. The van der Waals surface area contributed by atoms with E-state index in [-0.39, 0.29) is 0 Å². The van der Waals surface area contributed by atoms with Gasteiger partial charge < -0.3 is 5.32 Å². The summed E-state index contributed by atoms with van der Waals surface area (Å²) in [4.78, 5) is 1.38. The molecule has 1 aliphatic rings. The molecule has 1 fully saturated rings. The molecule has 112 valence electrons. The Morgan fingerprint density at radius 2 is 2.00 bits per heavy atom. The normalized spacial score (nSPS) is 23.1. The van der Waals surface area contributed by atoms with Gasteiger partial charge in [0.15, 0.2) is 0 Å². The van der Waals surface area contributed by atoms with Crippen LogP contribution in [0.25, 0.3) is 0 Å². The molecule has 0 amide bonds. The minimum absolute atomic E-state index is 0.767. The average molecular weight is 292 g/mol. The van der Waals surface area contributed by atoms with Crippen LogP contribution in [-0.2, 0) is 0 Å². The maximum atomic E-state index is 3.77. The van der Waals surface area contributed by atoms with Gasteiger partial charge in [0.25, 0.3) is 0 Å². The minimum Gasteiger partial charge on any atom is -0.313 e. The van der Waals surface area contributed by atoms with Crippen molar-refractivity contribution in [2.45, 2.75) is 56.9 Å². The molecule has 1 aliphatic carbocycles. The van der Waals surface area contributed by atoms with Crippen LogP contribution in [0, 0.1) is 11.8 Å². The average Bonchev–Trinajstić information content (AvgIpc) is 2.44. The van der Waals surface area contributed by atoms with Gasteiger partial charge in [0.1, 0.15) is 0 Å². The molecule has 0 bridgehead atoms. The third-order valence-electron chi connectivity index (χ3n) is 4.13. The lowest BCUT2D eigenvalue weighted by Crippen LogP contribution is -2.35. The van der Waals surface area contributed by atoms with Gasteiger partial charge in [-0.1, -0.05) is 44.9 Å². The molecule has 2 rings (SSSR count). The van der Waals surface area contributed by atoms with Crippen molar-refractivity contribution < 1.29 is 0 Å². The van der Waals surface area contributed by atoms with Crippen molar-refractivity contribution in [2.75, 3.05) is 12.3 Å². The molecule has 1 aromatic carbocycles. The fourth-order valence-electron chi connectivity index (χ4n) is 3.31. The third kappa shape index (κ3) is 5.88. The zero-order valence-electron chi connectivity index (χ0n) is 13.0. The highest BCUT2D eigenvalue weighted by atomic mass is 32.2. The van der Waals surface area contributed by atoms with Crippen molar-refractivity contribution in [2.24, 2.45) is 11.8 Å². The van der Waals surface area contributed by atoms with Crippen LogP contribution >= 0.6 is 11.8 Å². The van der Waals surface area contributed by atoms with Crippen LogP contribution in [0.1, 0.15) is 46.0 Å². The van der Waals surface area contributed by atoms with Crippen molar-refractivity contribution in [3.05, 3.63) is 30.3 Å². The topological polar surface area (TPSA) is 12.0 Å². The molecule has 0 radical (unpaired) electrons. The molecule has 2 unspecified atom stereocenters. The van der Waals surface area contributed by atoms with Gasteiger partial charge in [0.2, 0.25) is 0 Å². The van der Waals surface area contributed by atoms with Gasteiger partial charge in [-0.3, -0.25) is 0 Å². The summed E-state index contributed by atoms with van der Waals surface area (Å²) in [6.45, 7) is 5.85. The lowest BCUT2D eigenvalue weighted by Gasteiger charge is -2.30. The number of thioether (sulfide) groups is 1. The van der Waals surface area contributed by atoms with E-state index in [4.69, 9.17) is 0 Å². The Bertz CT molecular complexity index is 363. The van der Waals surface area contributed by atoms with E-state index in [2.05, 4.69) is 49.5 Å². The first kappa shape index (κ1) is 15.9. The minimum atomic E-state index is 0.767. The van der Waals surface area contributed by atoms with Gasteiger partial charge in [0, 0.05) is 23.2 Å². The Morgan fingerprint density at radius 1 is 1.20 bits per heavy atom. The van der Waals surface area contributed by atoms with Crippen molar-refractivity contribution in [1.29, 1.82) is 0 Å². The van der Waals surface area contributed by atoms with Gasteiger partial charge in [-0.15, -0.1) is 11.8 Å². The van der Waals surface area contributed by atoms with Gasteiger partial charge in [-0.2, -0.15) is 0 Å². The molecule has 0 heterocycles. The van der Waals surface area contributed by atoms with E-state index < -0.39 is 0 Å². The van der Waals surface area contributed by atoms with Crippen LogP contribution in [-0.4, -0.2) is 18.3 Å². The molecule has 1 nitrogen and oxygen atoms in total. The molecular formula is C18H29NS. The number of rotatable bonds is 7. The van der Waals surface area contributed by atoms with E-state index in [9.17, 15) is 0 Å². The van der Waals surface area contributed by atoms with Gasteiger partial charge >= 0.3 is 0 Å². The lowest BCUT2D eigenvalue weighted by molar-refractivity contribution is 0.255. The first-order valence-corrected chi connectivity index (χ1v) is 9.14. The molecule has 2 atom stereocenters. The van der Waals surface area contributed by atoms with Crippen LogP contribution in [0.5, 0.6) is 0 Å². The highest BCUT2D eigenvalue weighted by molar-refractivity contribution is 7.99. The molecule has 2 heteroatoms. The number of nitrogens with one attached hydrogen (secondary N) is 1. The number of hydrogen-bond acceptors (Lipinski definition) is 2. The maximum absolute atomic E-state index is 3.77. The lowest BCUT2D eigenvalue weighted by atomic mass is 9.81. The second-order valence-corrected chi connectivity index (χ2v) is 7.64. The smallest absolute Gasteiger partial charge is 0.0106 e. The molecule has 1 saturated carbocycles. The molecule has 20 heavy (non-hydrogen) atoms. The standard InChI is InChI=1S/C18H29NS/c1-15(2)13-16-7-6-8-17(14-16)19-11-12-20-18-9-4-3-5-10-18/h3-5,9-10,15-17,19H,6-8,11-14H2,1-2H3. The Kier molecular flexibility index (Phi) is 6.95. The number of benzene rings is 1. The fourth-order valence-corrected chi connectivity index (χ4v) is 4.11. The predicted molar refractivity (Wildman–Crippen MR) is 90.4 cm³/mol. The van der Waals surface area contributed by atoms with E-state index in [1.807, 2.05) is 11.8 Å². The first-order valence-electron chi connectivity index (χ1n) is 8.15. The third-order valence-corrected chi connectivity index (χ3v) is 5.15. The van der Waals surface area contributed by atoms with Crippen LogP contribution < -0.4 is 5.32 Å². The SMILES string of the molecule is CC(C)CC1CCCC(NCCSc2ccccc2)C1. The van der Waals surface area contributed by atoms with Gasteiger partial charge in [-0.05, 0) is 43.2 Å². The van der Waals surface area contributed by atoms with Crippen LogP contribution in [0.15, 0.2) is 35.2 Å². The van der Waals surface area contributed by atoms with Crippen LogP contribution in [0.4, 0.5) is 0 Å². The second-order valence-electron chi connectivity index (χ2n) is 6.47. The van der Waals surface area contributed by atoms with Gasteiger partial charge in [0.05, 0.1) is 0 Å². The summed E-state index contributed by atoms with van der Waals surface area (Å²) < 4.78 is 0. The maximum Gasteiger partial charge on any atom is 0.0106 e. The van der Waals surface area contributed by atoms with E-state index in [1.54, 1.807) is 0 Å². The van der Waals surface area contributed by atoms with Crippen molar-refractivity contribution in [3.63, 3.8) is 0 Å². The van der Waals surface area contributed by atoms with Gasteiger partial charge in [-0.25, -0.2) is 0 Å². The summed E-state index contributed by atoms with van der Waals surface area (Å²) >= 11 is 1.96. The monoisotopic (exact) mass is 291 g/mol. The van der Waals surface area contributed by atoms with E-state index >= 15 is 0 Å². The van der Waals surface area contributed by atoms with Crippen molar-refractivity contribution in [1.82, 2.24) is 5.32 Å². The Morgan fingerprint density at radius 3 is 2.75 bits per heavy atom. The Balaban J connectivity index is 1.61. The van der Waals surface area contributed by atoms with Crippen molar-refractivity contribution in [3.8, 4) is 0 Å². The largest absolute Gasteiger partial charge is 0.313 e. The highest BCUT2D eigenvalue weighted by Crippen LogP contribution is 2.29. The second kappa shape index (κ2) is 8.74. The summed E-state index contributed by atoms with van der Waals surface area (Å²) in [6, 6.07) is 11.5. The number of hydrogen-bond donors (Lipinski definition) is 1. The van der Waals surface area contributed by atoms with E-state index in [0.717, 1.165) is 24.4 Å². The molecule has 0 spiro atoms. The zero-order valence-corrected chi connectivity index (χ0v) is 13.8. The summed E-state index contributed by atoms with van der Waals surface area (Å²) in [7, 11) is 0. The molecule has 0 aromatic heterocycles. The Labute approximate surface area is 128 Å². The van der Waals surface area contributed by atoms with Crippen LogP contribution in [0.3, 0.4) is 0 Å². The summed E-state index contributed by atoms with van der Waals surface area (Å²) in [5.74, 6) is 2.99. The van der Waals surface area contributed by atoms with E-state index in [0.29, 0.717) is 0 Å². The molecular weight excluding hydrogens is 262 g/mol. The fraction of sp³-hybridized carbons (Fsp3) is 0.667. The molecule has 1 aromatic rings. The quantitative estimate of drug-likeness (QED) is 0.562. The first-order chi connectivity index (χ1) is 9.74. The molecule has 0 saturated heterocycles. The van der Waals surface area contributed by atoms with E-state index in [1.165, 1.54) is 42.8 Å². The van der Waals surface area contributed by atoms with Crippen LogP contribution in [0.2, 0.25) is 0 Å². The Hall–Kier alpha value is -0.470. The summed E-state index contributed by atoms with van der Waals surface area (Å²) in [5, 5.41) is 3.77. The predicted octanol–water partition coefficient (Wildman–Crippen LogP) is 4.97. The molecule has 0 aliphatic heterocycles. The summed E-state index contributed by atoms with van der Waals surface area (Å²) in [5.41, 5.74) is 0. The summed E-state index contributed by atoms with van der Waals surface area (Å²) in [6.07, 6.45) is 7.06. The van der Waals surface area contributed by atoms with Crippen molar-refractivity contribution >= 4 is 11.8 Å².